The van der Waals surface area contributed by atoms with Gasteiger partial charge in [0.15, 0.2) is 0 Å². The number of aromatic nitrogens is 2. The predicted octanol–water partition coefficient (Wildman–Crippen LogP) is 3.76. The third-order valence-electron chi connectivity index (χ3n) is 4.56. The Kier molecular flexibility index (Phi) is 5.26. The maximum Gasteiger partial charge on any atom is 0.263 e. The Bertz CT molecular complexity index is 916. The minimum absolute atomic E-state index is 0.0472. The summed E-state index contributed by atoms with van der Waals surface area (Å²) in [5, 5.41) is 14.3. The molecule has 0 unspecified atom stereocenters. The van der Waals surface area contributed by atoms with Gasteiger partial charge in [-0.25, -0.2) is 0 Å². The molecular formula is C19H18N4O2S2. The summed E-state index contributed by atoms with van der Waals surface area (Å²) in [5.41, 5.74) is 0.982. The summed E-state index contributed by atoms with van der Waals surface area (Å²) in [4.78, 5) is 27.5. The zero-order valence-electron chi connectivity index (χ0n) is 14.5. The number of carbonyl (C=O) groups is 2. The molecule has 1 fully saturated rings. The number of nitrogens with zero attached hydrogens (tertiary/aromatic N) is 3. The maximum absolute atomic E-state index is 12.5. The molecular weight excluding hydrogens is 380 g/mol. The van der Waals surface area contributed by atoms with E-state index in [-0.39, 0.29) is 17.7 Å². The molecule has 0 bridgehead atoms. The van der Waals surface area contributed by atoms with Crippen molar-refractivity contribution in [2.24, 2.45) is 5.92 Å². The van der Waals surface area contributed by atoms with E-state index in [4.69, 9.17) is 0 Å². The van der Waals surface area contributed by atoms with E-state index in [9.17, 15) is 9.59 Å². The molecule has 8 heteroatoms. The number of thiophene rings is 1. The minimum atomic E-state index is -0.110. The molecule has 1 N–H and O–H groups in total. The number of amides is 2. The van der Waals surface area contributed by atoms with Crippen LogP contribution in [-0.2, 0) is 4.79 Å². The van der Waals surface area contributed by atoms with Crippen molar-refractivity contribution in [3.63, 3.8) is 0 Å². The van der Waals surface area contributed by atoms with Crippen LogP contribution in [0, 0.1) is 5.92 Å². The lowest BCUT2D eigenvalue weighted by Crippen LogP contribution is -2.41. The van der Waals surface area contributed by atoms with Crippen LogP contribution in [-0.4, -0.2) is 40.0 Å². The van der Waals surface area contributed by atoms with Crippen molar-refractivity contribution in [2.45, 2.75) is 12.8 Å². The maximum atomic E-state index is 12.5. The number of benzene rings is 1. The average Bonchev–Trinajstić information content (AvgIpc) is 3.40. The van der Waals surface area contributed by atoms with Crippen molar-refractivity contribution >= 4 is 39.6 Å². The second-order valence-corrected chi connectivity index (χ2v) is 8.24. The highest BCUT2D eigenvalue weighted by molar-refractivity contribution is 7.18. The molecule has 2 amide bonds. The standard InChI is InChI=1S/C19H18N4O2S2/c24-16(20-19-22-21-17(27-19)14-5-2-1-3-6-14)13-8-10-23(11-9-13)18(25)15-7-4-12-26-15/h1-7,12-13H,8-11H2,(H,20,22,24). The zero-order chi connectivity index (χ0) is 18.6. The van der Waals surface area contributed by atoms with Gasteiger partial charge >= 0.3 is 0 Å². The van der Waals surface area contributed by atoms with Crippen LogP contribution in [0.1, 0.15) is 22.5 Å². The fourth-order valence-corrected chi connectivity index (χ4v) is 4.52. The second-order valence-electron chi connectivity index (χ2n) is 6.31. The molecule has 6 nitrogen and oxygen atoms in total. The number of likely N-dealkylation sites (tertiary alicyclic amines) is 1. The van der Waals surface area contributed by atoms with E-state index < -0.39 is 0 Å². The van der Waals surface area contributed by atoms with Gasteiger partial charge in [-0.2, -0.15) is 0 Å². The van der Waals surface area contributed by atoms with Gasteiger partial charge in [0, 0.05) is 24.6 Å². The molecule has 2 aromatic heterocycles. The van der Waals surface area contributed by atoms with Crippen LogP contribution < -0.4 is 5.32 Å². The van der Waals surface area contributed by atoms with Crippen molar-refractivity contribution in [3.05, 3.63) is 52.7 Å². The molecule has 0 saturated carbocycles. The van der Waals surface area contributed by atoms with Crippen molar-refractivity contribution in [1.29, 1.82) is 0 Å². The third-order valence-corrected chi connectivity index (χ3v) is 6.31. The molecule has 0 aliphatic carbocycles. The number of hydrogen-bond donors (Lipinski definition) is 1. The highest BCUT2D eigenvalue weighted by Crippen LogP contribution is 2.27. The van der Waals surface area contributed by atoms with Crippen molar-refractivity contribution in [1.82, 2.24) is 15.1 Å². The molecule has 3 aromatic rings. The minimum Gasteiger partial charge on any atom is -0.338 e. The lowest BCUT2D eigenvalue weighted by molar-refractivity contribution is -0.121. The van der Waals surface area contributed by atoms with Gasteiger partial charge in [0.2, 0.25) is 11.0 Å². The van der Waals surface area contributed by atoms with Gasteiger partial charge in [-0.1, -0.05) is 47.7 Å². The Morgan fingerprint density at radius 1 is 1.04 bits per heavy atom. The number of nitrogens with one attached hydrogen (secondary N) is 1. The first-order chi connectivity index (χ1) is 13.2. The van der Waals surface area contributed by atoms with Gasteiger partial charge in [-0.3, -0.25) is 9.59 Å². The topological polar surface area (TPSA) is 75.2 Å². The van der Waals surface area contributed by atoms with E-state index in [1.54, 1.807) is 0 Å². The first-order valence-electron chi connectivity index (χ1n) is 8.73. The van der Waals surface area contributed by atoms with Crippen molar-refractivity contribution in [2.75, 3.05) is 18.4 Å². The molecule has 3 heterocycles. The van der Waals surface area contributed by atoms with Crippen LogP contribution in [0.15, 0.2) is 47.8 Å². The third kappa shape index (κ3) is 4.06. The van der Waals surface area contributed by atoms with Gasteiger partial charge in [-0.15, -0.1) is 21.5 Å². The van der Waals surface area contributed by atoms with E-state index >= 15 is 0 Å². The van der Waals surface area contributed by atoms with Gasteiger partial charge in [-0.05, 0) is 24.3 Å². The number of carbonyl (C=O) groups excluding carboxylic acids is 2. The molecule has 4 rings (SSSR count). The second kappa shape index (κ2) is 7.98. The Balaban J connectivity index is 1.32. The lowest BCUT2D eigenvalue weighted by Gasteiger charge is -2.30. The summed E-state index contributed by atoms with van der Waals surface area (Å²) < 4.78 is 0. The van der Waals surface area contributed by atoms with Gasteiger partial charge in [0.1, 0.15) is 5.01 Å². The molecule has 1 aliphatic heterocycles. The molecule has 0 spiro atoms. The number of rotatable bonds is 4. The van der Waals surface area contributed by atoms with Crippen LogP contribution >= 0.6 is 22.7 Å². The van der Waals surface area contributed by atoms with E-state index in [1.807, 2.05) is 52.7 Å². The molecule has 0 atom stereocenters. The predicted molar refractivity (Wildman–Crippen MR) is 107 cm³/mol. The smallest absolute Gasteiger partial charge is 0.263 e. The van der Waals surface area contributed by atoms with Gasteiger partial charge in [0.25, 0.3) is 5.91 Å². The molecule has 0 radical (unpaired) electrons. The van der Waals surface area contributed by atoms with Crippen LogP contribution in [0.4, 0.5) is 5.13 Å². The molecule has 1 aromatic carbocycles. The largest absolute Gasteiger partial charge is 0.338 e. The number of hydrogen-bond acceptors (Lipinski definition) is 6. The monoisotopic (exact) mass is 398 g/mol. The number of piperidine rings is 1. The fraction of sp³-hybridized carbons (Fsp3) is 0.263. The number of anilines is 1. The fourth-order valence-electron chi connectivity index (χ4n) is 3.08. The van der Waals surface area contributed by atoms with Crippen molar-refractivity contribution < 1.29 is 9.59 Å². The Labute approximate surface area is 164 Å². The quantitative estimate of drug-likeness (QED) is 0.726. The Hall–Kier alpha value is -2.58. The van der Waals surface area contributed by atoms with E-state index in [2.05, 4.69) is 15.5 Å². The molecule has 27 heavy (non-hydrogen) atoms. The molecule has 1 saturated heterocycles. The normalized spacial score (nSPS) is 14.9. The lowest BCUT2D eigenvalue weighted by atomic mass is 9.96. The summed E-state index contributed by atoms with van der Waals surface area (Å²) in [6.07, 6.45) is 1.32. The van der Waals surface area contributed by atoms with Crippen molar-refractivity contribution in [3.8, 4) is 10.6 Å². The average molecular weight is 399 g/mol. The molecule has 138 valence electrons. The van der Waals surface area contributed by atoms with Crippen LogP contribution in [0.3, 0.4) is 0 Å². The molecule has 1 aliphatic rings. The summed E-state index contributed by atoms with van der Waals surface area (Å²) in [6, 6.07) is 13.5. The first-order valence-corrected chi connectivity index (χ1v) is 10.4. The van der Waals surface area contributed by atoms with Gasteiger partial charge < -0.3 is 10.2 Å². The first kappa shape index (κ1) is 17.8. The van der Waals surface area contributed by atoms with E-state index in [1.165, 1.54) is 22.7 Å². The summed E-state index contributed by atoms with van der Waals surface area (Å²) >= 11 is 2.81. The summed E-state index contributed by atoms with van der Waals surface area (Å²) in [7, 11) is 0. The highest BCUT2D eigenvalue weighted by Gasteiger charge is 2.28. The zero-order valence-corrected chi connectivity index (χ0v) is 16.1. The Morgan fingerprint density at radius 3 is 2.52 bits per heavy atom. The summed E-state index contributed by atoms with van der Waals surface area (Å²) in [6.45, 7) is 1.19. The SMILES string of the molecule is O=C(Nc1nnc(-c2ccccc2)s1)C1CCN(C(=O)c2cccs2)CC1. The van der Waals surface area contributed by atoms with Crippen LogP contribution in [0.2, 0.25) is 0 Å². The highest BCUT2D eigenvalue weighted by atomic mass is 32.1. The van der Waals surface area contributed by atoms with E-state index in [0.29, 0.717) is 31.1 Å². The van der Waals surface area contributed by atoms with E-state index in [0.717, 1.165) is 15.4 Å². The van der Waals surface area contributed by atoms with Crippen LogP contribution in [0.25, 0.3) is 10.6 Å². The Morgan fingerprint density at radius 2 is 1.81 bits per heavy atom. The summed E-state index contributed by atoms with van der Waals surface area (Å²) in [5.74, 6) is -0.101. The van der Waals surface area contributed by atoms with Crippen LogP contribution in [0.5, 0.6) is 0 Å². The van der Waals surface area contributed by atoms with Gasteiger partial charge in [0.05, 0.1) is 4.88 Å².